The van der Waals surface area contributed by atoms with Crippen molar-refractivity contribution in [1.29, 1.82) is 0 Å². The van der Waals surface area contributed by atoms with Gasteiger partial charge < -0.3 is 14.7 Å². The summed E-state index contributed by atoms with van der Waals surface area (Å²) in [5, 5.41) is 6.83. The molecule has 1 N–H and O–H groups in total. The first-order valence-electron chi connectivity index (χ1n) is 9.06. The number of fused-ring (bicyclic) bond motifs is 1. The molecule has 1 aliphatic rings. The quantitative estimate of drug-likeness (QED) is 0.903. The summed E-state index contributed by atoms with van der Waals surface area (Å²) in [6.07, 6.45) is 2.37. The molecule has 1 amide bonds. The maximum Gasteiger partial charge on any atom is 0.246 e. The molecule has 0 aromatic carbocycles. The van der Waals surface area contributed by atoms with Gasteiger partial charge in [-0.05, 0) is 43.7 Å². The third-order valence-corrected chi connectivity index (χ3v) is 4.30. The summed E-state index contributed by atoms with van der Waals surface area (Å²) < 4.78 is 5.25. The summed E-state index contributed by atoms with van der Waals surface area (Å²) in [6, 6.07) is 2.09. The summed E-state index contributed by atoms with van der Waals surface area (Å²) in [7, 11) is 0. The summed E-state index contributed by atoms with van der Waals surface area (Å²) in [5.41, 5.74) is 2.99. The lowest BCUT2D eigenvalue weighted by molar-refractivity contribution is -0.117. The van der Waals surface area contributed by atoms with Gasteiger partial charge in [0.25, 0.3) is 0 Å². The van der Waals surface area contributed by atoms with Gasteiger partial charge in [-0.15, -0.1) is 0 Å². The first-order chi connectivity index (χ1) is 12.2. The number of amides is 1. The Labute approximate surface area is 154 Å². The number of nitrogens with one attached hydrogen (secondary N) is 1. The van der Waals surface area contributed by atoms with Gasteiger partial charge in [0.1, 0.15) is 5.82 Å². The smallest absolute Gasteiger partial charge is 0.246 e. The second kappa shape index (κ2) is 7.05. The Morgan fingerprint density at radius 2 is 2.08 bits per heavy atom. The van der Waals surface area contributed by atoms with Gasteiger partial charge in [0.15, 0.2) is 5.82 Å². The molecule has 26 heavy (non-hydrogen) atoms. The molecule has 3 rings (SSSR count). The molecule has 3 heterocycles. The number of hydrogen-bond acceptors (Lipinski definition) is 6. The van der Waals surface area contributed by atoms with E-state index in [-0.39, 0.29) is 11.3 Å². The van der Waals surface area contributed by atoms with Crippen LogP contribution in [0.25, 0.3) is 0 Å². The molecule has 0 bridgehead atoms. The van der Waals surface area contributed by atoms with Crippen LogP contribution in [0.4, 0.5) is 11.5 Å². The van der Waals surface area contributed by atoms with E-state index in [1.807, 2.05) is 13.8 Å². The van der Waals surface area contributed by atoms with Crippen molar-refractivity contribution < 1.29 is 9.32 Å². The highest BCUT2D eigenvalue weighted by atomic mass is 16.5. The monoisotopic (exact) mass is 357 g/mol. The van der Waals surface area contributed by atoms with Gasteiger partial charge >= 0.3 is 0 Å². The fraction of sp³-hybridized carbons (Fsp3) is 0.579. The lowest BCUT2D eigenvalue weighted by Crippen LogP contribution is -2.30. The maximum atomic E-state index is 12.3. The lowest BCUT2D eigenvalue weighted by atomic mass is 9.92. The van der Waals surface area contributed by atoms with Crippen molar-refractivity contribution in [3.8, 4) is 0 Å². The molecule has 0 saturated carbocycles. The van der Waals surface area contributed by atoms with E-state index in [9.17, 15) is 4.79 Å². The molecule has 2 aromatic rings. The molecule has 0 spiro atoms. The van der Waals surface area contributed by atoms with Crippen LogP contribution in [-0.4, -0.2) is 27.6 Å². The van der Waals surface area contributed by atoms with Gasteiger partial charge in [0.2, 0.25) is 11.8 Å². The number of anilines is 2. The van der Waals surface area contributed by atoms with Crippen LogP contribution in [0.15, 0.2) is 10.6 Å². The van der Waals surface area contributed by atoms with Crippen LogP contribution in [-0.2, 0) is 17.8 Å². The second-order valence-electron chi connectivity index (χ2n) is 8.17. The highest BCUT2D eigenvalue weighted by Crippen LogP contribution is 2.31. The third-order valence-electron chi connectivity index (χ3n) is 4.30. The van der Waals surface area contributed by atoms with Crippen molar-refractivity contribution in [2.24, 2.45) is 5.41 Å². The van der Waals surface area contributed by atoms with Crippen molar-refractivity contribution in [2.75, 3.05) is 16.8 Å². The molecule has 0 aliphatic carbocycles. The van der Waals surface area contributed by atoms with E-state index in [1.54, 1.807) is 0 Å². The second-order valence-corrected chi connectivity index (χ2v) is 8.17. The highest BCUT2D eigenvalue weighted by molar-refractivity contribution is 5.91. The zero-order chi connectivity index (χ0) is 18.9. The predicted molar refractivity (Wildman–Crippen MR) is 100 cm³/mol. The van der Waals surface area contributed by atoms with Crippen LogP contribution in [0, 0.1) is 19.3 Å². The number of hydrogen-bond donors (Lipinski definition) is 1. The number of aromatic nitrogens is 3. The molecular formula is C19H27N5O2. The highest BCUT2D eigenvalue weighted by Gasteiger charge is 2.23. The van der Waals surface area contributed by atoms with Crippen LogP contribution in [0.1, 0.15) is 56.6 Å². The van der Waals surface area contributed by atoms with Crippen LogP contribution < -0.4 is 10.2 Å². The van der Waals surface area contributed by atoms with E-state index in [0.717, 1.165) is 36.3 Å². The normalized spacial score (nSPS) is 14.3. The standard InChI is InChI=1S/C19H27N5O2/c1-12-9-15-14(21-18(12)22-16(25)10-19(3,4)5)7-6-8-24(15)11-17-20-13(2)23-26-17/h9H,6-8,10-11H2,1-5H3,(H,21,22,25). The summed E-state index contributed by atoms with van der Waals surface area (Å²) in [6.45, 7) is 11.4. The van der Waals surface area contributed by atoms with E-state index in [1.165, 1.54) is 0 Å². The van der Waals surface area contributed by atoms with Crippen molar-refractivity contribution >= 4 is 17.4 Å². The molecule has 7 heteroatoms. The fourth-order valence-corrected chi connectivity index (χ4v) is 3.17. The molecule has 7 nitrogen and oxygen atoms in total. The lowest BCUT2D eigenvalue weighted by Gasteiger charge is -2.30. The average Bonchev–Trinajstić information content (AvgIpc) is 2.92. The zero-order valence-corrected chi connectivity index (χ0v) is 16.2. The summed E-state index contributed by atoms with van der Waals surface area (Å²) >= 11 is 0. The number of nitrogens with zero attached hydrogens (tertiary/aromatic N) is 4. The van der Waals surface area contributed by atoms with Crippen molar-refractivity contribution in [3.63, 3.8) is 0 Å². The van der Waals surface area contributed by atoms with E-state index < -0.39 is 0 Å². The van der Waals surface area contributed by atoms with Crippen LogP contribution in [0.3, 0.4) is 0 Å². The number of carbonyl (C=O) groups excluding carboxylic acids is 1. The number of carbonyl (C=O) groups is 1. The first kappa shape index (κ1) is 18.4. The van der Waals surface area contributed by atoms with E-state index in [2.05, 4.69) is 47.2 Å². The largest absolute Gasteiger partial charge is 0.361 e. The Hall–Kier alpha value is -2.44. The Bertz CT molecular complexity index is 807. The minimum atomic E-state index is -0.0504. The van der Waals surface area contributed by atoms with Gasteiger partial charge in [-0.1, -0.05) is 25.9 Å². The summed E-state index contributed by atoms with van der Waals surface area (Å²) in [5.74, 6) is 1.91. The van der Waals surface area contributed by atoms with Crippen molar-refractivity contribution in [2.45, 2.75) is 60.4 Å². The minimum absolute atomic E-state index is 0.00190. The maximum absolute atomic E-state index is 12.3. The van der Waals surface area contributed by atoms with E-state index >= 15 is 0 Å². The van der Waals surface area contributed by atoms with E-state index in [4.69, 9.17) is 9.51 Å². The molecule has 0 fully saturated rings. The van der Waals surface area contributed by atoms with Gasteiger partial charge in [-0.3, -0.25) is 4.79 Å². The molecule has 2 aromatic heterocycles. The SMILES string of the molecule is Cc1noc(CN2CCCc3nc(NC(=O)CC(C)(C)C)c(C)cc32)n1. The Balaban J connectivity index is 1.79. The summed E-state index contributed by atoms with van der Waals surface area (Å²) in [4.78, 5) is 23.5. The van der Waals surface area contributed by atoms with Gasteiger partial charge in [-0.2, -0.15) is 4.98 Å². The molecule has 0 saturated heterocycles. The van der Waals surface area contributed by atoms with Gasteiger partial charge in [0, 0.05) is 13.0 Å². The van der Waals surface area contributed by atoms with Gasteiger partial charge in [-0.25, -0.2) is 4.98 Å². The molecular weight excluding hydrogens is 330 g/mol. The molecule has 0 atom stereocenters. The van der Waals surface area contributed by atoms with Crippen LogP contribution in [0.2, 0.25) is 0 Å². The molecule has 0 radical (unpaired) electrons. The Morgan fingerprint density at radius 3 is 2.73 bits per heavy atom. The number of pyridine rings is 1. The zero-order valence-electron chi connectivity index (χ0n) is 16.2. The van der Waals surface area contributed by atoms with Crippen LogP contribution >= 0.6 is 0 Å². The molecule has 140 valence electrons. The number of aryl methyl sites for hydroxylation is 3. The van der Waals surface area contributed by atoms with E-state index in [0.29, 0.717) is 30.5 Å². The minimum Gasteiger partial charge on any atom is -0.361 e. The van der Waals surface area contributed by atoms with Crippen molar-refractivity contribution in [3.05, 3.63) is 29.0 Å². The topological polar surface area (TPSA) is 84.2 Å². The van der Waals surface area contributed by atoms with Crippen LogP contribution in [0.5, 0.6) is 0 Å². The Kier molecular flexibility index (Phi) is 4.98. The average molecular weight is 357 g/mol. The van der Waals surface area contributed by atoms with Crippen molar-refractivity contribution in [1.82, 2.24) is 15.1 Å². The predicted octanol–water partition coefficient (Wildman–Crippen LogP) is 3.41. The first-order valence-corrected chi connectivity index (χ1v) is 9.06. The fourth-order valence-electron chi connectivity index (χ4n) is 3.17. The van der Waals surface area contributed by atoms with Gasteiger partial charge in [0.05, 0.1) is 17.9 Å². The molecule has 0 unspecified atom stereocenters. The number of rotatable bonds is 4. The Morgan fingerprint density at radius 1 is 1.31 bits per heavy atom. The third kappa shape index (κ3) is 4.39. The molecule has 1 aliphatic heterocycles.